The highest BCUT2D eigenvalue weighted by atomic mass is 16.5. The van der Waals surface area contributed by atoms with E-state index in [-0.39, 0.29) is 5.60 Å². The van der Waals surface area contributed by atoms with Crippen molar-refractivity contribution in [1.29, 1.82) is 0 Å². The molecule has 0 atom stereocenters. The Balaban J connectivity index is 1.74. The van der Waals surface area contributed by atoms with Gasteiger partial charge in [-0.25, -0.2) is 0 Å². The molecule has 0 N–H and O–H groups in total. The first-order valence-corrected chi connectivity index (χ1v) is 6.96. The van der Waals surface area contributed by atoms with Gasteiger partial charge in [-0.1, -0.05) is 12.8 Å². The SMILES string of the molecule is CC(C)(C)OCCN(C1CCCC1)C1CC1. The fraction of sp³-hybridized carbons (Fsp3) is 1.00. The van der Waals surface area contributed by atoms with Crippen molar-refractivity contribution in [3.8, 4) is 0 Å². The predicted octanol–water partition coefficient (Wildman–Crippen LogP) is 3.21. The van der Waals surface area contributed by atoms with Crippen molar-refractivity contribution in [2.24, 2.45) is 0 Å². The number of hydrogen-bond acceptors (Lipinski definition) is 2. The van der Waals surface area contributed by atoms with Crippen LogP contribution in [0.15, 0.2) is 0 Å². The quantitative estimate of drug-likeness (QED) is 0.712. The fourth-order valence-corrected chi connectivity index (χ4v) is 2.76. The van der Waals surface area contributed by atoms with Crippen LogP contribution < -0.4 is 0 Å². The molecule has 94 valence electrons. The van der Waals surface area contributed by atoms with Crippen molar-refractivity contribution in [3.05, 3.63) is 0 Å². The molecule has 0 saturated heterocycles. The maximum Gasteiger partial charge on any atom is 0.0600 e. The highest BCUT2D eigenvalue weighted by molar-refractivity contribution is 4.90. The summed E-state index contributed by atoms with van der Waals surface area (Å²) in [5.74, 6) is 0. The van der Waals surface area contributed by atoms with Crippen LogP contribution in [0.1, 0.15) is 59.3 Å². The molecule has 2 fully saturated rings. The molecule has 0 spiro atoms. The monoisotopic (exact) mass is 225 g/mol. The molecule has 0 amide bonds. The summed E-state index contributed by atoms with van der Waals surface area (Å²) in [6, 6.07) is 1.77. The van der Waals surface area contributed by atoms with Gasteiger partial charge in [0.25, 0.3) is 0 Å². The number of rotatable bonds is 5. The number of hydrogen-bond donors (Lipinski definition) is 0. The van der Waals surface area contributed by atoms with E-state index in [0.717, 1.165) is 25.2 Å². The second-order valence-corrected chi connectivity index (χ2v) is 6.37. The number of nitrogens with zero attached hydrogens (tertiary/aromatic N) is 1. The van der Waals surface area contributed by atoms with E-state index in [1.165, 1.54) is 38.5 Å². The minimum atomic E-state index is 0.0187. The molecule has 0 heterocycles. The summed E-state index contributed by atoms with van der Waals surface area (Å²) < 4.78 is 5.86. The lowest BCUT2D eigenvalue weighted by Crippen LogP contribution is -2.39. The fourth-order valence-electron chi connectivity index (χ4n) is 2.76. The van der Waals surface area contributed by atoms with E-state index in [1.807, 2.05) is 0 Å². The van der Waals surface area contributed by atoms with Crippen LogP contribution in [0.3, 0.4) is 0 Å². The Labute approximate surface area is 100 Å². The Hall–Kier alpha value is -0.0800. The van der Waals surface area contributed by atoms with Gasteiger partial charge in [-0.3, -0.25) is 4.90 Å². The summed E-state index contributed by atoms with van der Waals surface area (Å²) in [7, 11) is 0. The highest BCUT2D eigenvalue weighted by Gasteiger charge is 2.34. The molecule has 2 rings (SSSR count). The molecule has 0 radical (unpaired) electrons. The second kappa shape index (κ2) is 5.05. The standard InChI is InChI=1S/C14H27NO/c1-14(2,3)16-11-10-15(13-8-9-13)12-6-4-5-7-12/h12-13H,4-11H2,1-3H3. The average molecular weight is 225 g/mol. The van der Waals surface area contributed by atoms with Crippen LogP contribution in [-0.4, -0.2) is 35.7 Å². The molecule has 0 unspecified atom stereocenters. The molecule has 0 aromatic rings. The zero-order valence-corrected chi connectivity index (χ0v) is 11.2. The molecule has 2 heteroatoms. The van der Waals surface area contributed by atoms with E-state index in [9.17, 15) is 0 Å². The van der Waals surface area contributed by atoms with Gasteiger partial charge in [-0.05, 0) is 46.5 Å². The Morgan fingerprint density at radius 3 is 2.06 bits per heavy atom. The Kier molecular flexibility index (Phi) is 3.91. The minimum Gasteiger partial charge on any atom is -0.375 e. The molecule has 2 aliphatic carbocycles. The smallest absolute Gasteiger partial charge is 0.0600 e. The third-order valence-corrected chi connectivity index (χ3v) is 3.69. The molecule has 2 aliphatic rings. The summed E-state index contributed by atoms with van der Waals surface area (Å²) in [6.45, 7) is 8.47. The van der Waals surface area contributed by atoms with E-state index in [2.05, 4.69) is 25.7 Å². The van der Waals surface area contributed by atoms with Crippen LogP contribution in [0.5, 0.6) is 0 Å². The van der Waals surface area contributed by atoms with E-state index in [4.69, 9.17) is 4.74 Å². The third-order valence-electron chi connectivity index (χ3n) is 3.69. The van der Waals surface area contributed by atoms with Gasteiger partial charge in [-0.2, -0.15) is 0 Å². The van der Waals surface area contributed by atoms with Crippen molar-refractivity contribution in [2.75, 3.05) is 13.2 Å². The molecule has 0 aliphatic heterocycles. The van der Waals surface area contributed by atoms with Crippen molar-refractivity contribution >= 4 is 0 Å². The lowest BCUT2D eigenvalue weighted by Gasteiger charge is -2.30. The van der Waals surface area contributed by atoms with Gasteiger partial charge in [-0.15, -0.1) is 0 Å². The average Bonchev–Trinajstić information content (AvgIpc) is 2.87. The number of ether oxygens (including phenoxy) is 1. The maximum atomic E-state index is 5.86. The van der Waals surface area contributed by atoms with Crippen LogP contribution in [0.2, 0.25) is 0 Å². The Bertz CT molecular complexity index is 211. The van der Waals surface area contributed by atoms with Crippen molar-refractivity contribution in [3.63, 3.8) is 0 Å². The van der Waals surface area contributed by atoms with Crippen LogP contribution >= 0.6 is 0 Å². The Morgan fingerprint density at radius 1 is 1.00 bits per heavy atom. The lowest BCUT2D eigenvalue weighted by atomic mass is 10.2. The van der Waals surface area contributed by atoms with E-state index < -0.39 is 0 Å². The van der Waals surface area contributed by atoms with Gasteiger partial charge in [0.05, 0.1) is 12.2 Å². The Morgan fingerprint density at radius 2 is 1.56 bits per heavy atom. The first kappa shape index (κ1) is 12.4. The molecular formula is C14H27NO. The summed E-state index contributed by atoms with van der Waals surface area (Å²) >= 11 is 0. The van der Waals surface area contributed by atoms with E-state index >= 15 is 0 Å². The van der Waals surface area contributed by atoms with Crippen molar-refractivity contribution in [2.45, 2.75) is 77.0 Å². The van der Waals surface area contributed by atoms with Crippen LogP contribution in [-0.2, 0) is 4.74 Å². The van der Waals surface area contributed by atoms with Gasteiger partial charge in [0.2, 0.25) is 0 Å². The zero-order valence-electron chi connectivity index (χ0n) is 11.2. The molecule has 16 heavy (non-hydrogen) atoms. The van der Waals surface area contributed by atoms with Crippen LogP contribution in [0.4, 0.5) is 0 Å². The molecule has 2 saturated carbocycles. The zero-order chi connectivity index (χ0) is 11.6. The molecule has 2 nitrogen and oxygen atoms in total. The maximum absolute atomic E-state index is 5.86. The third kappa shape index (κ3) is 3.74. The van der Waals surface area contributed by atoms with Gasteiger partial charge in [0.15, 0.2) is 0 Å². The second-order valence-electron chi connectivity index (χ2n) is 6.37. The van der Waals surface area contributed by atoms with Crippen molar-refractivity contribution < 1.29 is 4.74 Å². The van der Waals surface area contributed by atoms with Gasteiger partial charge < -0.3 is 4.74 Å². The van der Waals surface area contributed by atoms with Gasteiger partial charge in [0.1, 0.15) is 0 Å². The topological polar surface area (TPSA) is 12.5 Å². The van der Waals surface area contributed by atoms with Gasteiger partial charge >= 0.3 is 0 Å². The molecule has 0 aromatic heterocycles. The van der Waals surface area contributed by atoms with Crippen molar-refractivity contribution in [1.82, 2.24) is 4.90 Å². The predicted molar refractivity (Wildman–Crippen MR) is 67.7 cm³/mol. The lowest BCUT2D eigenvalue weighted by molar-refractivity contribution is -0.0187. The van der Waals surface area contributed by atoms with Crippen LogP contribution in [0, 0.1) is 0 Å². The highest BCUT2D eigenvalue weighted by Crippen LogP contribution is 2.34. The van der Waals surface area contributed by atoms with Crippen LogP contribution in [0.25, 0.3) is 0 Å². The molecule has 0 bridgehead atoms. The normalized spacial score (nSPS) is 23.2. The first-order valence-electron chi connectivity index (χ1n) is 6.96. The summed E-state index contributed by atoms with van der Waals surface area (Å²) in [5.41, 5.74) is 0.0187. The summed E-state index contributed by atoms with van der Waals surface area (Å²) in [4.78, 5) is 2.73. The minimum absolute atomic E-state index is 0.0187. The largest absolute Gasteiger partial charge is 0.375 e. The summed E-state index contributed by atoms with van der Waals surface area (Å²) in [6.07, 6.45) is 8.57. The van der Waals surface area contributed by atoms with E-state index in [1.54, 1.807) is 0 Å². The summed E-state index contributed by atoms with van der Waals surface area (Å²) in [5, 5.41) is 0. The van der Waals surface area contributed by atoms with E-state index in [0.29, 0.717) is 0 Å². The van der Waals surface area contributed by atoms with Gasteiger partial charge in [0, 0.05) is 18.6 Å². The molecule has 0 aromatic carbocycles. The molecular weight excluding hydrogens is 198 g/mol. The first-order chi connectivity index (χ1) is 7.56.